The number of fused-ring (bicyclic) bond motifs is 1. The molecule has 4 aromatic carbocycles. The van der Waals surface area contributed by atoms with Crippen LogP contribution in [-0.2, 0) is 4.79 Å². The molecule has 0 fully saturated rings. The third-order valence-corrected chi connectivity index (χ3v) is 6.25. The fourth-order valence-corrected chi connectivity index (χ4v) is 4.37. The van der Waals surface area contributed by atoms with Crippen molar-refractivity contribution in [3.63, 3.8) is 0 Å². The second-order valence-corrected chi connectivity index (χ2v) is 8.49. The molecule has 1 aliphatic rings. The molecular weight excluding hydrogens is 454 g/mol. The lowest BCUT2D eigenvalue weighted by Crippen LogP contribution is -2.31. The number of benzene rings is 4. The summed E-state index contributed by atoms with van der Waals surface area (Å²) < 4.78 is 11.0. The zero-order valence-electron chi connectivity index (χ0n) is 19.8. The summed E-state index contributed by atoms with van der Waals surface area (Å²) in [5.41, 5.74) is 8.37. The molecule has 7 heteroatoms. The fourth-order valence-electron chi connectivity index (χ4n) is 4.37. The number of carbonyl (C=O) groups excluding carboxylic acids is 2. The van der Waals surface area contributed by atoms with Gasteiger partial charge in [-0.2, -0.15) is 5.10 Å². The van der Waals surface area contributed by atoms with Crippen molar-refractivity contribution in [3.8, 4) is 11.5 Å². The van der Waals surface area contributed by atoms with Gasteiger partial charge in [0.2, 0.25) is 0 Å². The number of hydrogen-bond donors (Lipinski definition) is 1. The van der Waals surface area contributed by atoms with Crippen LogP contribution in [0.1, 0.15) is 33.9 Å². The smallest absolute Gasteiger partial charge is 0.281 e. The van der Waals surface area contributed by atoms with E-state index in [0.717, 1.165) is 33.4 Å². The molecule has 7 nitrogen and oxygen atoms in total. The molecule has 0 radical (unpaired) electrons. The number of hydrogen-bond acceptors (Lipinski definition) is 5. The number of nitrogens with zero attached hydrogens (tertiary/aromatic N) is 2. The largest absolute Gasteiger partial charge is 0.497 e. The molecule has 2 amide bonds. The first-order chi connectivity index (χ1) is 17.5. The number of para-hydroxylation sites is 1. The zero-order chi connectivity index (χ0) is 25.1. The topological polar surface area (TPSA) is 94.2 Å². The molecule has 1 atom stereocenters. The normalized spacial score (nSPS) is 15.0. The lowest BCUT2D eigenvalue weighted by Gasteiger charge is -2.22. The van der Waals surface area contributed by atoms with E-state index >= 15 is 0 Å². The number of nitrogens with two attached hydrogens (primary N) is 1. The SMILES string of the molecule is COc1ccc([C@H]2CC(c3ccc4ccccc4c3)=NN2C(=O)COc2ccccc2C(N)=O)cc1. The fraction of sp³-hybridized carbons (Fsp3) is 0.138. The van der Waals surface area contributed by atoms with E-state index in [-0.39, 0.29) is 29.9 Å². The highest BCUT2D eigenvalue weighted by Gasteiger charge is 2.33. The van der Waals surface area contributed by atoms with Crippen molar-refractivity contribution >= 4 is 28.3 Å². The van der Waals surface area contributed by atoms with Crippen LogP contribution < -0.4 is 15.2 Å². The van der Waals surface area contributed by atoms with E-state index in [9.17, 15) is 9.59 Å². The van der Waals surface area contributed by atoms with E-state index < -0.39 is 5.91 Å². The number of methoxy groups -OCH3 is 1. The molecule has 0 aromatic heterocycles. The first kappa shape index (κ1) is 23.1. The van der Waals surface area contributed by atoms with Crippen molar-refractivity contribution in [1.29, 1.82) is 0 Å². The maximum absolute atomic E-state index is 13.3. The van der Waals surface area contributed by atoms with Crippen LogP contribution in [0.15, 0.2) is 96.1 Å². The summed E-state index contributed by atoms with van der Waals surface area (Å²) in [6.45, 7) is -0.286. The van der Waals surface area contributed by atoms with Crippen molar-refractivity contribution in [1.82, 2.24) is 5.01 Å². The van der Waals surface area contributed by atoms with E-state index in [1.807, 2.05) is 42.5 Å². The van der Waals surface area contributed by atoms with Gasteiger partial charge in [0.15, 0.2) is 6.61 Å². The Bertz CT molecular complexity index is 1460. The molecule has 0 unspecified atom stereocenters. The van der Waals surface area contributed by atoms with Gasteiger partial charge in [0.25, 0.3) is 11.8 Å². The van der Waals surface area contributed by atoms with E-state index in [2.05, 4.69) is 24.3 Å². The second-order valence-electron chi connectivity index (χ2n) is 8.49. The molecule has 0 saturated heterocycles. The zero-order valence-corrected chi connectivity index (χ0v) is 19.8. The van der Waals surface area contributed by atoms with Gasteiger partial charge in [-0.3, -0.25) is 9.59 Å². The highest BCUT2D eigenvalue weighted by Crippen LogP contribution is 2.34. The van der Waals surface area contributed by atoms with Crippen LogP contribution in [0.3, 0.4) is 0 Å². The standard InChI is InChI=1S/C29H25N3O4/c1-35-23-14-12-20(13-15-23)26-17-25(22-11-10-19-6-2-3-7-21(19)16-22)31-32(26)28(33)18-36-27-9-5-4-8-24(27)29(30)34/h2-16,26H,17-18H2,1H3,(H2,30,34)/t26-/m1/s1. The Balaban J connectivity index is 1.44. The molecular formula is C29H25N3O4. The van der Waals surface area contributed by atoms with Gasteiger partial charge in [0, 0.05) is 6.42 Å². The van der Waals surface area contributed by atoms with E-state index in [4.69, 9.17) is 20.3 Å². The van der Waals surface area contributed by atoms with Crippen molar-refractivity contribution in [2.75, 3.05) is 13.7 Å². The van der Waals surface area contributed by atoms with Gasteiger partial charge in [-0.15, -0.1) is 0 Å². The summed E-state index contributed by atoms with van der Waals surface area (Å²) in [7, 11) is 1.61. The second kappa shape index (κ2) is 9.92. The molecule has 0 saturated carbocycles. The first-order valence-corrected chi connectivity index (χ1v) is 11.6. The Morgan fingerprint density at radius 1 is 0.944 bits per heavy atom. The first-order valence-electron chi connectivity index (χ1n) is 11.6. The van der Waals surface area contributed by atoms with Crippen LogP contribution in [0, 0.1) is 0 Å². The Kier molecular flexibility index (Phi) is 6.36. The van der Waals surface area contributed by atoms with Gasteiger partial charge in [-0.25, -0.2) is 5.01 Å². The molecule has 5 rings (SSSR count). The quantitative estimate of drug-likeness (QED) is 0.416. The number of primary amides is 1. The van der Waals surface area contributed by atoms with Gasteiger partial charge in [0.1, 0.15) is 11.5 Å². The van der Waals surface area contributed by atoms with Gasteiger partial charge in [-0.05, 0) is 52.2 Å². The van der Waals surface area contributed by atoms with Crippen molar-refractivity contribution in [2.45, 2.75) is 12.5 Å². The van der Waals surface area contributed by atoms with Gasteiger partial charge in [-0.1, -0.05) is 60.7 Å². The number of ether oxygens (including phenoxy) is 2. The molecule has 0 spiro atoms. The Morgan fingerprint density at radius 3 is 2.42 bits per heavy atom. The highest BCUT2D eigenvalue weighted by molar-refractivity contribution is 6.05. The predicted molar refractivity (Wildman–Crippen MR) is 138 cm³/mol. The van der Waals surface area contributed by atoms with Crippen molar-refractivity contribution < 1.29 is 19.1 Å². The Labute approximate surface area is 208 Å². The minimum atomic E-state index is -0.619. The van der Waals surface area contributed by atoms with Crippen LogP contribution in [0.2, 0.25) is 0 Å². The van der Waals surface area contributed by atoms with Crippen LogP contribution in [-0.4, -0.2) is 36.3 Å². The summed E-state index contributed by atoms with van der Waals surface area (Å²) in [4.78, 5) is 25.1. The lowest BCUT2D eigenvalue weighted by atomic mass is 9.97. The molecule has 1 aliphatic heterocycles. The molecule has 0 aliphatic carbocycles. The maximum atomic E-state index is 13.3. The summed E-state index contributed by atoms with van der Waals surface area (Å²) in [5, 5.41) is 8.45. The van der Waals surface area contributed by atoms with E-state index in [1.165, 1.54) is 5.01 Å². The van der Waals surface area contributed by atoms with Crippen molar-refractivity contribution in [3.05, 3.63) is 108 Å². The minimum absolute atomic E-state index is 0.221. The van der Waals surface area contributed by atoms with Crippen LogP contribution >= 0.6 is 0 Å². The summed E-state index contributed by atoms with van der Waals surface area (Å²) in [6, 6.07) is 28.2. The summed E-state index contributed by atoms with van der Waals surface area (Å²) in [6.07, 6.45) is 0.550. The number of hydrazone groups is 1. The van der Waals surface area contributed by atoms with Gasteiger partial charge >= 0.3 is 0 Å². The average Bonchev–Trinajstić information content (AvgIpc) is 3.37. The summed E-state index contributed by atoms with van der Waals surface area (Å²) >= 11 is 0. The number of carbonyl (C=O) groups is 2. The Morgan fingerprint density at radius 2 is 1.67 bits per heavy atom. The average molecular weight is 480 g/mol. The molecule has 180 valence electrons. The third kappa shape index (κ3) is 4.63. The monoisotopic (exact) mass is 479 g/mol. The van der Waals surface area contributed by atoms with Gasteiger partial charge < -0.3 is 15.2 Å². The number of rotatable bonds is 7. The molecule has 0 bridgehead atoms. The minimum Gasteiger partial charge on any atom is -0.497 e. The number of amides is 2. The molecule has 2 N–H and O–H groups in total. The maximum Gasteiger partial charge on any atom is 0.281 e. The van der Waals surface area contributed by atoms with Crippen LogP contribution in [0.25, 0.3) is 10.8 Å². The van der Waals surface area contributed by atoms with Crippen LogP contribution in [0.5, 0.6) is 11.5 Å². The van der Waals surface area contributed by atoms with E-state index in [1.54, 1.807) is 31.4 Å². The predicted octanol–water partition coefficient (Wildman–Crippen LogP) is 4.70. The lowest BCUT2D eigenvalue weighted by molar-refractivity contribution is -0.135. The van der Waals surface area contributed by atoms with Crippen LogP contribution in [0.4, 0.5) is 0 Å². The molecule has 4 aromatic rings. The Hall–Kier alpha value is -4.65. The van der Waals surface area contributed by atoms with E-state index in [0.29, 0.717) is 6.42 Å². The van der Waals surface area contributed by atoms with Gasteiger partial charge in [0.05, 0.1) is 24.4 Å². The molecule has 1 heterocycles. The summed E-state index contributed by atoms with van der Waals surface area (Å²) in [5.74, 6) is 0.0480. The third-order valence-electron chi connectivity index (χ3n) is 6.25. The van der Waals surface area contributed by atoms with Crippen molar-refractivity contribution in [2.24, 2.45) is 10.8 Å². The molecule has 36 heavy (non-hydrogen) atoms. The highest BCUT2D eigenvalue weighted by atomic mass is 16.5.